The molecule has 1 unspecified atom stereocenters. The van der Waals surface area contributed by atoms with Crippen LogP contribution in [0.3, 0.4) is 0 Å². The van der Waals surface area contributed by atoms with Crippen molar-refractivity contribution in [3.05, 3.63) is 115 Å². The molecular formula is C47H52FN9O6. The van der Waals surface area contributed by atoms with Crippen LogP contribution < -0.4 is 37.7 Å². The van der Waals surface area contributed by atoms with Crippen LogP contribution in [0.25, 0.3) is 16.6 Å². The molecule has 3 saturated heterocycles. The standard InChI is InChI=1S/C47H52FN9O6/c1-27-7-11-38(37(48)21-27)51-42-40-41(28(2)45(61)53(42)3)56(47(63)57(46(40)62)33-8-9-33)34-6-4-5-32(23-34)50-43(59)30-15-17-54(18-16-30)26-29-13-19-55(20-14-29)35-22-31(24-49-25-35)36-10-12-39(58)52-44(36)60/h4-7,11,21-25,29-30,33,36,51H,8-10,12-20,26H2,1-3H3,(H,50,59)(H,52,58,60). The number of hydrogen-bond donors (Lipinski definition) is 3. The zero-order chi connectivity index (χ0) is 44.1. The number of rotatable bonds is 10. The maximum atomic E-state index is 15.2. The van der Waals surface area contributed by atoms with Crippen LogP contribution in [-0.4, -0.2) is 74.0 Å². The Kier molecular flexibility index (Phi) is 11.3. The third-order valence-corrected chi connectivity index (χ3v) is 13.3. The van der Waals surface area contributed by atoms with Crippen LogP contribution in [0.4, 0.5) is 27.3 Å². The fourth-order valence-electron chi connectivity index (χ4n) is 9.61. The maximum Gasteiger partial charge on any atom is 0.336 e. The molecule has 3 amide bonds. The van der Waals surface area contributed by atoms with Crippen molar-refractivity contribution >= 4 is 51.5 Å². The van der Waals surface area contributed by atoms with Gasteiger partial charge < -0.3 is 20.4 Å². The smallest absolute Gasteiger partial charge is 0.336 e. The van der Waals surface area contributed by atoms with Crippen molar-refractivity contribution in [3.8, 4) is 5.69 Å². The van der Waals surface area contributed by atoms with E-state index in [4.69, 9.17) is 0 Å². The predicted octanol–water partition coefficient (Wildman–Crippen LogP) is 5.17. The highest BCUT2D eigenvalue weighted by Crippen LogP contribution is 2.35. The van der Waals surface area contributed by atoms with Crippen molar-refractivity contribution in [1.29, 1.82) is 0 Å². The van der Waals surface area contributed by atoms with Crippen molar-refractivity contribution in [2.24, 2.45) is 18.9 Å². The largest absolute Gasteiger partial charge is 0.370 e. The number of benzene rings is 2. The lowest BCUT2D eigenvalue weighted by Gasteiger charge is -2.38. The number of nitrogens with one attached hydrogen (secondary N) is 3. The van der Waals surface area contributed by atoms with E-state index in [2.05, 4.69) is 30.7 Å². The van der Waals surface area contributed by atoms with Crippen LogP contribution >= 0.6 is 0 Å². The average Bonchev–Trinajstić information content (AvgIpc) is 4.11. The number of piperidine rings is 3. The molecule has 5 aromatic rings. The number of nitrogens with zero attached hydrogens (tertiary/aromatic N) is 6. The van der Waals surface area contributed by atoms with Gasteiger partial charge in [-0.25, -0.2) is 9.18 Å². The number of amides is 3. The van der Waals surface area contributed by atoms with E-state index in [1.807, 2.05) is 12.3 Å². The molecule has 6 heterocycles. The van der Waals surface area contributed by atoms with Gasteiger partial charge in [-0.1, -0.05) is 12.1 Å². The first kappa shape index (κ1) is 41.9. The van der Waals surface area contributed by atoms with Crippen LogP contribution in [0.2, 0.25) is 0 Å². The van der Waals surface area contributed by atoms with Gasteiger partial charge in [0.25, 0.3) is 11.1 Å². The van der Waals surface area contributed by atoms with Gasteiger partial charge in [0.05, 0.1) is 34.7 Å². The van der Waals surface area contributed by atoms with Gasteiger partial charge in [0.15, 0.2) is 0 Å². The fourth-order valence-corrected chi connectivity index (χ4v) is 9.61. The van der Waals surface area contributed by atoms with Crippen molar-refractivity contribution in [1.82, 2.24) is 28.9 Å². The van der Waals surface area contributed by atoms with Crippen LogP contribution in [0, 0.1) is 31.5 Å². The molecule has 3 aliphatic heterocycles. The summed E-state index contributed by atoms with van der Waals surface area (Å²) >= 11 is 0. The Bertz CT molecular complexity index is 2830. The number of halogens is 1. The summed E-state index contributed by atoms with van der Waals surface area (Å²) in [6, 6.07) is 13.2. The summed E-state index contributed by atoms with van der Waals surface area (Å²) in [6.07, 6.45) is 9.14. The van der Waals surface area contributed by atoms with E-state index >= 15 is 4.39 Å². The molecule has 15 nitrogen and oxygen atoms in total. The quantitative estimate of drug-likeness (QED) is 0.159. The third-order valence-electron chi connectivity index (χ3n) is 13.3. The second kappa shape index (κ2) is 17.0. The highest BCUT2D eigenvalue weighted by atomic mass is 19.1. The van der Waals surface area contributed by atoms with Crippen molar-refractivity contribution in [3.63, 3.8) is 0 Å². The number of carbonyl (C=O) groups is 3. The van der Waals surface area contributed by atoms with Gasteiger partial charge in [0, 0.05) is 62.5 Å². The van der Waals surface area contributed by atoms with Crippen molar-refractivity contribution < 1.29 is 18.8 Å². The lowest BCUT2D eigenvalue weighted by molar-refractivity contribution is -0.134. The van der Waals surface area contributed by atoms with Gasteiger partial charge >= 0.3 is 5.69 Å². The summed E-state index contributed by atoms with van der Waals surface area (Å²) in [7, 11) is 1.51. The van der Waals surface area contributed by atoms with Crippen molar-refractivity contribution in [2.75, 3.05) is 48.3 Å². The first-order chi connectivity index (χ1) is 30.3. The SMILES string of the molecule is Cc1ccc(Nc2c3c(=O)n(C4CC4)c(=O)n(-c4cccc(NC(=O)C5CCN(CC6CCN(c7cncc(C8CCC(=O)NC8=O)c7)CC6)CC5)c4)c3c(C)c(=O)n2C)c(F)c1. The highest BCUT2D eigenvalue weighted by Gasteiger charge is 2.33. The molecule has 1 aliphatic carbocycles. The Balaban J connectivity index is 0.870. The Morgan fingerprint density at radius 2 is 1.62 bits per heavy atom. The highest BCUT2D eigenvalue weighted by molar-refractivity contribution is 6.01. The summed E-state index contributed by atoms with van der Waals surface area (Å²) in [5.41, 5.74) is 2.18. The van der Waals surface area contributed by atoms with Gasteiger partial charge in [-0.05, 0) is 125 Å². The second-order valence-corrected chi connectivity index (χ2v) is 17.7. The number of hydrogen-bond acceptors (Lipinski definition) is 10. The number of anilines is 4. The number of imide groups is 1. The molecule has 16 heteroatoms. The number of pyridine rings is 2. The van der Waals surface area contributed by atoms with E-state index in [9.17, 15) is 28.8 Å². The van der Waals surface area contributed by atoms with Crippen LogP contribution in [0.5, 0.6) is 0 Å². The minimum Gasteiger partial charge on any atom is -0.370 e. The number of aryl methyl sites for hydroxylation is 2. The Morgan fingerprint density at radius 1 is 0.857 bits per heavy atom. The minimum absolute atomic E-state index is 0.0737. The Labute approximate surface area is 362 Å². The molecule has 0 radical (unpaired) electrons. The first-order valence-corrected chi connectivity index (χ1v) is 22.0. The molecule has 328 valence electrons. The maximum absolute atomic E-state index is 15.2. The van der Waals surface area contributed by atoms with E-state index in [0.29, 0.717) is 61.4 Å². The normalized spacial score (nSPS) is 19.0. The lowest BCUT2D eigenvalue weighted by Crippen LogP contribution is -2.43. The van der Waals surface area contributed by atoms with Gasteiger partial charge in [-0.15, -0.1) is 0 Å². The molecule has 0 spiro atoms. The molecule has 3 aromatic heterocycles. The predicted molar refractivity (Wildman–Crippen MR) is 239 cm³/mol. The van der Waals surface area contributed by atoms with Gasteiger partial charge in [-0.2, -0.15) is 0 Å². The lowest BCUT2D eigenvalue weighted by atomic mass is 9.90. The van der Waals surface area contributed by atoms with E-state index < -0.39 is 22.6 Å². The molecular weight excluding hydrogens is 806 g/mol. The summed E-state index contributed by atoms with van der Waals surface area (Å²) in [5, 5.41) is 8.61. The van der Waals surface area contributed by atoms with Gasteiger partial charge in [0.1, 0.15) is 17.0 Å². The molecule has 3 N–H and O–H groups in total. The van der Waals surface area contributed by atoms with E-state index in [1.165, 1.54) is 26.8 Å². The van der Waals surface area contributed by atoms with Crippen molar-refractivity contribution in [2.45, 2.75) is 77.2 Å². The van der Waals surface area contributed by atoms with E-state index in [1.54, 1.807) is 56.4 Å². The first-order valence-electron chi connectivity index (χ1n) is 22.0. The molecule has 0 bridgehead atoms. The summed E-state index contributed by atoms with van der Waals surface area (Å²) in [6.45, 7) is 7.67. The molecule has 9 rings (SSSR count). The summed E-state index contributed by atoms with van der Waals surface area (Å²) < 4.78 is 19.0. The van der Waals surface area contributed by atoms with Gasteiger partial charge in [-0.3, -0.25) is 48.0 Å². The molecule has 63 heavy (non-hydrogen) atoms. The summed E-state index contributed by atoms with van der Waals surface area (Å²) in [5.74, 6) is -1.11. The van der Waals surface area contributed by atoms with Crippen LogP contribution in [0.1, 0.15) is 80.0 Å². The fraction of sp³-hybridized carbons (Fsp3) is 0.426. The monoisotopic (exact) mass is 857 g/mol. The van der Waals surface area contributed by atoms with E-state index in [-0.39, 0.29) is 63.6 Å². The molecule has 4 fully saturated rings. The number of carbonyl (C=O) groups excluding carboxylic acids is 3. The molecule has 1 saturated carbocycles. The zero-order valence-corrected chi connectivity index (χ0v) is 35.8. The third kappa shape index (κ3) is 8.31. The Morgan fingerprint density at radius 3 is 2.33 bits per heavy atom. The van der Waals surface area contributed by atoms with Gasteiger partial charge in [0.2, 0.25) is 17.7 Å². The minimum atomic E-state index is -0.587. The molecule has 2 aromatic carbocycles. The zero-order valence-electron chi connectivity index (χ0n) is 35.8. The Hall–Kier alpha value is -6.42. The molecule has 4 aliphatic rings. The molecule has 1 atom stereocenters. The average molecular weight is 858 g/mol. The number of fused-ring (bicyclic) bond motifs is 1. The van der Waals surface area contributed by atoms with Crippen LogP contribution in [0.15, 0.2) is 75.3 Å². The van der Waals surface area contributed by atoms with Crippen LogP contribution in [-0.2, 0) is 21.4 Å². The van der Waals surface area contributed by atoms with E-state index in [0.717, 1.165) is 56.8 Å². The second-order valence-electron chi connectivity index (χ2n) is 17.7. The number of aromatic nitrogens is 4. The topological polar surface area (TPSA) is 173 Å². The number of likely N-dealkylation sites (tertiary alicyclic amines) is 1. The summed E-state index contributed by atoms with van der Waals surface area (Å²) in [4.78, 5) is 89.4.